The molecule has 1 nitrogen and oxygen atoms in total. The smallest absolute Gasteiger partial charge is 0.173 e. The van der Waals surface area contributed by atoms with Gasteiger partial charge in [-0.25, -0.2) is 8.78 Å². The Balaban J connectivity index is 2.29. The first-order valence-corrected chi connectivity index (χ1v) is 6.46. The van der Waals surface area contributed by atoms with Gasteiger partial charge in [-0.1, -0.05) is 6.07 Å². The first-order chi connectivity index (χ1) is 8.09. The summed E-state index contributed by atoms with van der Waals surface area (Å²) < 4.78 is 26.0. The van der Waals surface area contributed by atoms with Gasteiger partial charge in [-0.15, -0.1) is 11.3 Å². The van der Waals surface area contributed by atoms with Gasteiger partial charge in [-0.3, -0.25) is 4.79 Å². The summed E-state index contributed by atoms with van der Waals surface area (Å²) in [7, 11) is 0. The Morgan fingerprint density at radius 2 is 2.06 bits per heavy atom. The molecule has 2 rings (SSSR count). The SMILES string of the molecule is O=C(Cc1cccs1)c1ccc(F)c(F)c1Br. The quantitative estimate of drug-likeness (QED) is 0.612. The number of hydrogen-bond donors (Lipinski definition) is 0. The molecule has 0 saturated heterocycles. The van der Waals surface area contributed by atoms with Gasteiger partial charge < -0.3 is 0 Å². The topological polar surface area (TPSA) is 17.1 Å². The van der Waals surface area contributed by atoms with Crippen molar-refractivity contribution in [2.75, 3.05) is 0 Å². The second kappa shape index (κ2) is 5.06. The molecule has 0 unspecified atom stereocenters. The molecule has 1 aromatic heterocycles. The number of thiophene rings is 1. The highest BCUT2D eigenvalue weighted by Gasteiger charge is 2.17. The number of ketones is 1. The maximum absolute atomic E-state index is 13.3. The van der Waals surface area contributed by atoms with Gasteiger partial charge in [0.1, 0.15) is 0 Å². The van der Waals surface area contributed by atoms with Gasteiger partial charge in [-0.2, -0.15) is 0 Å². The minimum atomic E-state index is -1.03. The molecule has 88 valence electrons. The van der Waals surface area contributed by atoms with Crippen LogP contribution in [0.3, 0.4) is 0 Å². The fourth-order valence-corrected chi connectivity index (χ4v) is 2.65. The third kappa shape index (κ3) is 2.61. The number of benzene rings is 1. The van der Waals surface area contributed by atoms with Crippen LogP contribution in [0.2, 0.25) is 0 Å². The summed E-state index contributed by atoms with van der Waals surface area (Å²) >= 11 is 4.36. The van der Waals surface area contributed by atoms with E-state index < -0.39 is 11.6 Å². The van der Waals surface area contributed by atoms with E-state index in [0.29, 0.717) is 0 Å². The van der Waals surface area contributed by atoms with E-state index in [0.717, 1.165) is 10.9 Å². The van der Waals surface area contributed by atoms with Crippen LogP contribution >= 0.6 is 27.3 Å². The van der Waals surface area contributed by atoms with Crippen molar-refractivity contribution < 1.29 is 13.6 Å². The molecule has 0 bridgehead atoms. The molecule has 0 saturated carbocycles. The van der Waals surface area contributed by atoms with Gasteiger partial charge in [0.25, 0.3) is 0 Å². The van der Waals surface area contributed by atoms with Crippen molar-refractivity contribution in [3.63, 3.8) is 0 Å². The van der Waals surface area contributed by atoms with Crippen molar-refractivity contribution in [1.82, 2.24) is 0 Å². The summed E-state index contributed by atoms with van der Waals surface area (Å²) in [6, 6.07) is 5.92. The average molecular weight is 317 g/mol. The van der Waals surface area contributed by atoms with E-state index in [1.54, 1.807) is 0 Å². The van der Waals surface area contributed by atoms with Crippen LogP contribution in [0.25, 0.3) is 0 Å². The molecule has 0 aliphatic heterocycles. The Kier molecular flexibility index (Phi) is 3.69. The van der Waals surface area contributed by atoms with E-state index in [1.165, 1.54) is 17.4 Å². The van der Waals surface area contributed by atoms with E-state index in [1.807, 2.05) is 17.5 Å². The number of hydrogen-bond acceptors (Lipinski definition) is 2. The molecule has 0 fully saturated rings. The van der Waals surface area contributed by atoms with E-state index in [4.69, 9.17) is 0 Å². The first-order valence-electron chi connectivity index (χ1n) is 4.78. The van der Waals surface area contributed by atoms with Crippen LogP contribution < -0.4 is 0 Å². The molecule has 0 aliphatic carbocycles. The Morgan fingerprint density at radius 1 is 1.29 bits per heavy atom. The lowest BCUT2D eigenvalue weighted by Gasteiger charge is -2.04. The number of carbonyl (C=O) groups excluding carboxylic acids is 1. The maximum Gasteiger partial charge on any atom is 0.173 e. The Labute approximate surface area is 109 Å². The second-order valence-electron chi connectivity index (χ2n) is 3.40. The van der Waals surface area contributed by atoms with Crippen molar-refractivity contribution in [1.29, 1.82) is 0 Å². The molecule has 0 atom stereocenters. The molecule has 2 aromatic rings. The molecular formula is C12H7BrF2OS. The highest BCUT2D eigenvalue weighted by atomic mass is 79.9. The number of halogens is 3. The first kappa shape index (κ1) is 12.4. The third-order valence-electron chi connectivity index (χ3n) is 2.25. The lowest BCUT2D eigenvalue weighted by molar-refractivity contribution is 0.0992. The van der Waals surface area contributed by atoms with E-state index in [-0.39, 0.29) is 22.2 Å². The van der Waals surface area contributed by atoms with Crippen molar-refractivity contribution in [3.8, 4) is 0 Å². The predicted molar refractivity (Wildman–Crippen MR) is 66.4 cm³/mol. The summed E-state index contributed by atoms with van der Waals surface area (Å²) in [5.41, 5.74) is 0.164. The van der Waals surface area contributed by atoms with Gasteiger partial charge >= 0.3 is 0 Å². The number of rotatable bonds is 3. The zero-order valence-corrected chi connectivity index (χ0v) is 10.9. The molecule has 0 aliphatic rings. The molecule has 1 aromatic carbocycles. The second-order valence-corrected chi connectivity index (χ2v) is 5.23. The maximum atomic E-state index is 13.3. The molecule has 0 amide bonds. The van der Waals surface area contributed by atoms with Gasteiger partial charge in [0.15, 0.2) is 17.4 Å². The Hall–Kier alpha value is -1.07. The number of Topliss-reactive ketones (excluding diaryl/α,β-unsaturated/α-hetero) is 1. The van der Waals surface area contributed by atoms with Crippen LogP contribution in [0.1, 0.15) is 15.2 Å². The van der Waals surface area contributed by atoms with Crippen molar-refractivity contribution in [2.45, 2.75) is 6.42 Å². The summed E-state index contributed by atoms with van der Waals surface area (Å²) in [4.78, 5) is 12.8. The van der Waals surface area contributed by atoms with Gasteiger partial charge in [-0.05, 0) is 39.5 Å². The largest absolute Gasteiger partial charge is 0.294 e. The van der Waals surface area contributed by atoms with E-state index in [9.17, 15) is 13.6 Å². The minimum Gasteiger partial charge on any atom is -0.294 e. The minimum absolute atomic E-state index is 0.112. The zero-order chi connectivity index (χ0) is 12.4. The molecule has 1 heterocycles. The lowest BCUT2D eigenvalue weighted by Crippen LogP contribution is -2.05. The van der Waals surface area contributed by atoms with Crippen LogP contribution in [0, 0.1) is 11.6 Å². The van der Waals surface area contributed by atoms with Crippen LogP contribution in [0.15, 0.2) is 34.1 Å². The predicted octanol–water partition coefficient (Wildman–Crippen LogP) is 4.21. The highest BCUT2D eigenvalue weighted by molar-refractivity contribution is 9.10. The van der Waals surface area contributed by atoms with Gasteiger partial charge in [0.05, 0.1) is 4.47 Å². The highest BCUT2D eigenvalue weighted by Crippen LogP contribution is 2.24. The van der Waals surface area contributed by atoms with Crippen molar-refractivity contribution in [2.24, 2.45) is 0 Å². The normalized spacial score (nSPS) is 10.5. The van der Waals surface area contributed by atoms with Crippen molar-refractivity contribution >= 4 is 33.0 Å². The summed E-state index contributed by atoms with van der Waals surface area (Å²) in [6.45, 7) is 0. The molecule has 5 heteroatoms. The molecule has 0 spiro atoms. The molecular weight excluding hydrogens is 310 g/mol. The van der Waals surface area contributed by atoms with E-state index >= 15 is 0 Å². The molecule has 0 N–H and O–H groups in total. The van der Waals surface area contributed by atoms with E-state index in [2.05, 4.69) is 15.9 Å². The summed E-state index contributed by atoms with van der Waals surface area (Å²) in [5, 5.41) is 1.86. The van der Waals surface area contributed by atoms with Crippen LogP contribution in [-0.2, 0) is 6.42 Å². The Morgan fingerprint density at radius 3 is 2.71 bits per heavy atom. The standard InChI is InChI=1S/C12H7BrF2OS/c13-11-8(3-4-9(14)12(11)15)10(16)6-7-2-1-5-17-7/h1-5H,6H2. The lowest BCUT2D eigenvalue weighted by atomic mass is 10.1. The number of carbonyl (C=O) groups is 1. The van der Waals surface area contributed by atoms with Gasteiger partial charge in [0.2, 0.25) is 0 Å². The average Bonchev–Trinajstić information content (AvgIpc) is 2.78. The van der Waals surface area contributed by atoms with Crippen molar-refractivity contribution in [3.05, 3.63) is 56.2 Å². The fourth-order valence-electron chi connectivity index (χ4n) is 1.41. The zero-order valence-electron chi connectivity index (χ0n) is 8.54. The molecule has 17 heavy (non-hydrogen) atoms. The third-order valence-corrected chi connectivity index (χ3v) is 3.90. The molecule has 0 radical (unpaired) electrons. The summed E-state index contributed by atoms with van der Waals surface area (Å²) in [5.74, 6) is -2.23. The van der Waals surface area contributed by atoms with Crippen LogP contribution in [0.4, 0.5) is 8.78 Å². The Bertz CT molecular complexity index is 552. The van der Waals surface area contributed by atoms with Crippen LogP contribution in [-0.4, -0.2) is 5.78 Å². The monoisotopic (exact) mass is 316 g/mol. The van der Waals surface area contributed by atoms with Gasteiger partial charge in [0, 0.05) is 16.9 Å². The fraction of sp³-hybridized carbons (Fsp3) is 0.0833. The summed E-state index contributed by atoms with van der Waals surface area (Å²) in [6.07, 6.45) is 0.196. The van der Waals surface area contributed by atoms with Crippen LogP contribution in [0.5, 0.6) is 0 Å².